The van der Waals surface area contributed by atoms with Crippen LogP contribution in [-0.2, 0) is 17.8 Å². The van der Waals surface area contributed by atoms with Gasteiger partial charge in [-0.3, -0.25) is 4.79 Å². The Morgan fingerprint density at radius 3 is 3.07 bits per heavy atom. The molecule has 6 heteroatoms. The molecule has 0 saturated carbocycles. The maximum atomic E-state index is 12.8. The number of fused-ring (bicyclic) bond motifs is 1. The zero-order valence-electron chi connectivity index (χ0n) is 16.6. The highest BCUT2D eigenvalue weighted by Crippen LogP contribution is 2.26. The minimum Gasteiger partial charge on any atom is -0.342 e. The highest BCUT2D eigenvalue weighted by Gasteiger charge is 2.27. The molecule has 0 unspecified atom stereocenters. The van der Waals surface area contributed by atoms with Gasteiger partial charge in [-0.15, -0.1) is 0 Å². The molecule has 0 radical (unpaired) electrons. The Morgan fingerprint density at radius 1 is 1.29 bits per heavy atom. The molecule has 0 aromatic carbocycles. The van der Waals surface area contributed by atoms with Gasteiger partial charge in [0.2, 0.25) is 5.91 Å². The van der Waals surface area contributed by atoms with Crippen molar-refractivity contribution in [1.82, 2.24) is 23.8 Å². The number of aryl methyl sites for hydroxylation is 2. The highest BCUT2D eigenvalue weighted by molar-refractivity contribution is 5.76. The fourth-order valence-corrected chi connectivity index (χ4v) is 4.11. The molecule has 0 aliphatic carbocycles. The van der Waals surface area contributed by atoms with Crippen LogP contribution in [0.4, 0.5) is 0 Å². The smallest absolute Gasteiger partial charge is 0.222 e. The summed E-state index contributed by atoms with van der Waals surface area (Å²) in [7, 11) is 0. The molecule has 1 atom stereocenters. The summed E-state index contributed by atoms with van der Waals surface area (Å²) in [6, 6.07) is 5.96. The van der Waals surface area contributed by atoms with Crippen LogP contribution in [0.25, 0.3) is 5.65 Å². The number of amides is 1. The number of pyridine rings is 1. The largest absolute Gasteiger partial charge is 0.342 e. The number of carbonyl (C=O) groups excluding carboxylic acids is 1. The second-order valence-electron chi connectivity index (χ2n) is 7.71. The van der Waals surface area contributed by atoms with E-state index in [2.05, 4.69) is 27.7 Å². The lowest BCUT2D eigenvalue weighted by atomic mass is 9.96. The molecule has 1 saturated heterocycles. The van der Waals surface area contributed by atoms with Crippen molar-refractivity contribution in [2.75, 3.05) is 13.1 Å². The van der Waals surface area contributed by atoms with E-state index in [1.54, 1.807) is 0 Å². The second-order valence-corrected chi connectivity index (χ2v) is 7.71. The summed E-state index contributed by atoms with van der Waals surface area (Å²) >= 11 is 0. The lowest BCUT2D eigenvalue weighted by Gasteiger charge is -2.32. The van der Waals surface area contributed by atoms with E-state index in [1.165, 1.54) is 6.42 Å². The molecule has 4 heterocycles. The lowest BCUT2D eigenvalue weighted by molar-refractivity contribution is -0.132. The fourth-order valence-electron chi connectivity index (χ4n) is 4.11. The lowest BCUT2D eigenvalue weighted by Crippen LogP contribution is -2.39. The van der Waals surface area contributed by atoms with Gasteiger partial charge in [0, 0.05) is 56.8 Å². The Balaban J connectivity index is 1.36. The van der Waals surface area contributed by atoms with Crippen molar-refractivity contribution < 1.29 is 4.79 Å². The summed E-state index contributed by atoms with van der Waals surface area (Å²) in [4.78, 5) is 24.1. The van der Waals surface area contributed by atoms with E-state index >= 15 is 0 Å². The number of unbranched alkanes of at least 4 members (excludes halogenated alkanes) is 1. The average molecular weight is 380 g/mol. The van der Waals surface area contributed by atoms with Crippen molar-refractivity contribution in [3.8, 4) is 0 Å². The zero-order valence-corrected chi connectivity index (χ0v) is 16.6. The van der Waals surface area contributed by atoms with Crippen LogP contribution in [0.3, 0.4) is 0 Å². The number of carbonyl (C=O) groups is 1. The Hall–Kier alpha value is -2.63. The summed E-state index contributed by atoms with van der Waals surface area (Å²) in [6.45, 7) is 4.87. The van der Waals surface area contributed by atoms with Crippen LogP contribution < -0.4 is 0 Å². The highest BCUT2D eigenvalue weighted by atomic mass is 16.2. The third-order valence-corrected chi connectivity index (χ3v) is 5.65. The molecule has 6 nitrogen and oxygen atoms in total. The fraction of sp³-hybridized carbons (Fsp3) is 0.500. The van der Waals surface area contributed by atoms with E-state index in [4.69, 9.17) is 0 Å². The molecule has 1 aliphatic heterocycles. The number of piperidine rings is 1. The third kappa shape index (κ3) is 4.11. The molecular formula is C22H29N5O. The van der Waals surface area contributed by atoms with E-state index in [0.29, 0.717) is 18.8 Å². The van der Waals surface area contributed by atoms with Crippen LogP contribution in [0.5, 0.6) is 0 Å². The number of imidazole rings is 2. The predicted octanol–water partition coefficient (Wildman–Crippen LogP) is 3.67. The number of nitrogens with zero attached hydrogens (tertiary/aromatic N) is 5. The number of hydrogen-bond donors (Lipinski definition) is 0. The van der Waals surface area contributed by atoms with Gasteiger partial charge >= 0.3 is 0 Å². The summed E-state index contributed by atoms with van der Waals surface area (Å²) in [6.07, 6.45) is 13.7. The topological polar surface area (TPSA) is 55.4 Å². The first-order chi connectivity index (χ1) is 13.7. The second kappa shape index (κ2) is 8.59. The number of likely N-dealkylation sites (tertiary alicyclic amines) is 1. The van der Waals surface area contributed by atoms with E-state index in [0.717, 1.165) is 56.1 Å². The van der Waals surface area contributed by atoms with Gasteiger partial charge in [0.15, 0.2) is 0 Å². The SMILES string of the molecule is CCCCn1ccnc1[C@@H]1CCCN(C(=O)CCc2cn3ccccc3n2)C1. The van der Waals surface area contributed by atoms with Crippen molar-refractivity contribution in [2.24, 2.45) is 0 Å². The zero-order chi connectivity index (χ0) is 19.3. The third-order valence-electron chi connectivity index (χ3n) is 5.65. The summed E-state index contributed by atoms with van der Waals surface area (Å²) in [5.41, 5.74) is 1.91. The summed E-state index contributed by atoms with van der Waals surface area (Å²) in [5.74, 6) is 1.72. The van der Waals surface area contributed by atoms with Gasteiger partial charge < -0.3 is 13.9 Å². The molecular weight excluding hydrogens is 350 g/mol. The molecule has 148 valence electrons. The average Bonchev–Trinajstić information content (AvgIpc) is 3.37. The molecule has 1 aliphatic rings. The van der Waals surface area contributed by atoms with Crippen LogP contribution in [0.1, 0.15) is 56.5 Å². The summed E-state index contributed by atoms with van der Waals surface area (Å²) < 4.78 is 4.28. The van der Waals surface area contributed by atoms with Crippen LogP contribution >= 0.6 is 0 Å². The van der Waals surface area contributed by atoms with Crippen molar-refractivity contribution in [2.45, 2.75) is 57.9 Å². The van der Waals surface area contributed by atoms with Crippen molar-refractivity contribution in [1.29, 1.82) is 0 Å². The van der Waals surface area contributed by atoms with E-state index in [-0.39, 0.29) is 5.91 Å². The van der Waals surface area contributed by atoms with Crippen LogP contribution in [0, 0.1) is 0 Å². The van der Waals surface area contributed by atoms with E-state index < -0.39 is 0 Å². The van der Waals surface area contributed by atoms with Gasteiger partial charge in [-0.25, -0.2) is 9.97 Å². The van der Waals surface area contributed by atoms with Crippen LogP contribution in [0.2, 0.25) is 0 Å². The van der Waals surface area contributed by atoms with Crippen molar-refractivity contribution in [3.63, 3.8) is 0 Å². The molecule has 3 aromatic rings. The standard InChI is InChI=1S/C22H29N5O/c1-2-3-12-25-15-11-23-22(25)18-7-6-14-27(16-18)21(28)10-9-19-17-26-13-5-4-8-20(26)24-19/h4-5,8,11,13,15,17-18H,2-3,6-7,9-10,12,14,16H2,1H3/t18-/m1/s1. The minimum absolute atomic E-state index is 0.230. The Morgan fingerprint density at radius 2 is 2.21 bits per heavy atom. The minimum atomic E-state index is 0.230. The van der Waals surface area contributed by atoms with Crippen LogP contribution in [-0.4, -0.2) is 42.8 Å². The van der Waals surface area contributed by atoms with Gasteiger partial charge in [-0.2, -0.15) is 0 Å². The van der Waals surface area contributed by atoms with Crippen molar-refractivity contribution >= 4 is 11.6 Å². The van der Waals surface area contributed by atoms with Gasteiger partial charge in [0.25, 0.3) is 0 Å². The van der Waals surface area contributed by atoms with Gasteiger partial charge in [-0.05, 0) is 37.8 Å². The van der Waals surface area contributed by atoms with Gasteiger partial charge in [0.1, 0.15) is 11.5 Å². The molecule has 28 heavy (non-hydrogen) atoms. The Bertz CT molecular complexity index is 895. The van der Waals surface area contributed by atoms with E-state index in [1.807, 2.05) is 46.1 Å². The molecule has 0 N–H and O–H groups in total. The van der Waals surface area contributed by atoms with Gasteiger partial charge in [-0.1, -0.05) is 19.4 Å². The normalized spacial score (nSPS) is 17.3. The molecule has 4 rings (SSSR count). The van der Waals surface area contributed by atoms with Crippen LogP contribution in [0.15, 0.2) is 43.0 Å². The van der Waals surface area contributed by atoms with E-state index in [9.17, 15) is 4.79 Å². The molecule has 0 spiro atoms. The monoisotopic (exact) mass is 379 g/mol. The van der Waals surface area contributed by atoms with Crippen molar-refractivity contribution in [3.05, 3.63) is 54.5 Å². The molecule has 3 aromatic heterocycles. The first kappa shape index (κ1) is 18.7. The quantitative estimate of drug-likeness (QED) is 0.629. The molecule has 1 amide bonds. The summed E-state index contributed by atoms with van der Waals surface area (Å²) in [5, 5.41) is 0. The Kier molecular flexibility index (Phi) is 5.74. The van der Waals surface area contributed by atoms with Gasteiger partial charge in [0.05, 0.1) is 5.69 Å². The molecule has 1 fully saturated rings. The maximum absolute atomic E-state index is 12.8. The number of hydrogen-bond acceptors (Lipinski definition) is 3. The number of aromatic nitrogens is 4. The first-order valence-electron chi connectivity index (χ1n) is 10.5. The predicted molar refractivity (Wildman–Crippen MR) is 109 cm³/mol. The number of rotatable bonds is 7. The molecule has 0 bridgehead atoms. The Labute approximate surface area is 166 Å². The first-order valence-corrected chi connectivity index (χ1v) is 10.5. The maximum Gasteiger partial charge on any atom is 0.222 e.